The van der Waals surface area contributed by atoms with Gasteiger partial charge in [0, 0.05) is 11.1 Å². The molecule has 0 aliphatic rings. The highest BCUT2D eigenvalue weighted by Gasteiger charge is 2.22. The van der Waals surface area contributed by atoms with Gasteiger partial charge in [0.2, 0.25) is 0 Å². The van der Waals surface area contributed by atoms with Crippen molar-refractivity contribution in [3.8, 4) is 0 Å². The molecule has 0 aliphatic carbocycles. The third-order valence-corrected chi connectivity index (χ3v) is 2.36. The first kappa shape index (κ1) is 14.7. The summed E-state index contributed by atoms with van der Waals surface area (Å²) in [6.07, 6.45) is 0.998. The largest absolute Gasteiger partial charge is 0.478 e. The van der Waals surface area contributed by atoms with Crippen LogP contribution in [0.1, 0.15) is 40.5 Å². The molecule has 0 saturated heterocycles. The zero-order chi connectivity index (χ0) is 12.9. The lowest BCUT2D eigenvalue weighted by Crippen LogP contribution is -2.16. The second kappa shape index (κ2) is 6.30. The molecule has 0 saturated carbocycles. The highest BCUT2D eigenvalue weighted by Crippen LogP contribution is 2.21. The van der Waals surface area contributed by atoms with Crippen molar-refractivity contribution < 1.29 is 19.8 Å². The second-order valence-electron chi connectivity index (χ2n) is 4.59. The van der Waals surface area contributed by atoms with Gasteiger partial charge >= 0.3 is 11.9 Å². The van der Waals surface area contributed by atoms with E-state index in [4.69, 9.17) is 10.2 Å². The summed E-state index contributed by atoms with van der Waals surface area (Å²) in [7, 11) is 0. The van der Waals surface area contributed by atoms with Crippen LogP contribution in [0.3, 0.4) is 0 Å². The van der Waals surface area contributed by atoms with Crippen molar-refractivity contribution in [2.24, 2.45) is 11.8 Å². The average Bonchev–Trinajstić information content (AvgIpc) is 2.09. The van der Waals surface area contributed by atoms with Crippen molar-refractivity contribution in [2.75, 3.05) is 0 Å². The lowest BCUT2D eigenvalue weighted by Gasteiger charge is -2.12. The first-order valence-corrected chi connectivity index (χ1v) is 5.47. The van der Waals surface area contributed by atoms with Crippen molar-refractivity contribution in [1.29, 1.82) is 0 Å². The zero-order valence-corrected chi connectivity index (χ0v) is 10.3. The maximum absolute atomic E-state index is 11.0. The van der Waals surface area contributed by atoms with E-state index >= 15 is 0 Å². The summed E-state index contributed by atoms with van der Waals surface area (Å²) in [5.41, 5.74) is 0.0596. The Morgan fingerprint density at radius 2 is 1.50 bits per heavy atom. The van der Waals surface area contributed by atoms with E-state index < -0.39 is 11.9 Å². The van der Waals surface area contributed by atoms with Gasteiger partial charge in [-0.15, -0.1) is 0 Å². The minimum Gasteiger partial charge on any atom is -0.478 e. The molecule has 0 heterocycles. The fourth-order valence-corrected chi connectivity index (χ4v) is 1.51. The lowest BCUT2D eigenvalue weighted by molar-refractivity contribution is -0.136. The molecular weight excluding hydrogens is 208 g/mol. The van der Waals surface area contributed by atoms with Crippen LogP contribution in [-0.4, -0.2) is 22.2 Å². The van der Waals surface area contributed by atoms with Gasteiger partial charge in [0.25, 0.3) is 0 Å². The van der Waals surface area contributed by atoms with Crippen LogP contribution in [0.15, 0.2) is 11.1 Å². The molecule has 2 N–H and O–H groups in total. The van der Waals surface area contributed by atoms with Crippen molar-refractivity contribution >= 4 is 11.9 Å². The van der Waals surface area contributed by atoms with E-state index in [1.807, 2.05) is 13.8 Å². The molecule has 4 nitrogen and oxygen atoms in total. The van der Waals surface area contributed by atoms with E-state index in [9.17, 15) is 9.59 Å². The fourth-order valence-electron chi connectivity index (χ4n) is 1.51. The van der Waals surface area contributed by atoms with Gasteiger partial charge < -0.3 is 10.2 Å². The van der Waals surface area contributed by atoms with Crippen LogP contribution >= 0.6 is 0 Å². The number of carboxylic acid groups (broad SMARTS) is 2. The van der Waals surface area contributed by atoms with E-state index in [1.165, 1.54) is 0 Å². The minimum atomic E-state index is -1.13. The van der Waals surface area contributed by atoms with Gasteiger partial charge in [0.15, 0.2) is 0 Å². The van der Waals surface area contributed by atoms with Gasteiger partial charge in [-0.2, -0.15) is 0 Å². The van der Waals surface area contributed by atoms with Crippen molar-refractivity contribution in [3.05, 3.63) is 11.1 Å². The summed E-state index contributed by atoms with van der Waals surface area (Å²) in [5, 5.41) is 18.0. The van der Waals surface area contributed by atoms with Crippen LogP contribution in [0, 0.1) is 11.8 Å². The molecule has 0 aromatic rings. The Morgan fingerprint density at radius 3 is 1.75 bits per heavy atom. The third-order valence-electron chi connectivity index (χ3n) is 2.36. The van der Waals surface area contributed by atoms with E-state index in [0.717, 1.165) is 0 Å². The predicted octanol–water partition coefficient (Wildman–Crippen LogP) is 2.54. The Bertz CT molecular complexity index is 300. The SMILES string of the molecule is CC(C)CCC(C(=O)O)=C(C(=O)O)C(C)C. The fraction of sp³-hybridized carbons (Fsp3) is 0.667. The highest BCUT2D eigenvalue weighted by atomic mass is 16.4. The van der Waals surface area contributed by atoms with Gasteiger partial charge in [-0.3, -0.25) is 0 Å². The molecule has 0 aromatic carbocycles. The molecular formula is C12H20O4. The molecule has 0 unspecified atom stereocenters. The summed E-state index contributed by atoms with van der Waals surface area (Å²) in [6.45, 7) is 7.36. The quantitative estimate of drug-likeness (QED) is 0.685. The topological polar surface area (TPSA) is 74.6 Å². The predicted molar refractivity (Wildman–Crippen MR) is 61.2 cm³/mol. The molecule has 0 aromatic heterocycles. The molecule has 16 heavy (non-hydrogen) atoms. The average molecular weight is 228 g/mol. The van der Waals surface area contributed by atoms with Crippen LogP contribution in [0.4, 0.5) is 0 Å². The van der Waals surface area contributed by atoms with Gasteiger partial charge in [-0.25, -0.2) is 9.59 Å². The number of carboxylic acids is 2. The molecule has 0 rings (SSSR count). The number of carbonyl (C=O) groups is 2. The van der Waals surface area contributed by atoms with E-state index in [0.29, 0.717) is 18.8 Å². The Kier molecular flexibility index (Phi) is 5.78. The van der Waals surface area contributed by atoms with Crippen LogP contribution in [0.2, 0.25) is 0 Å². The summed E-state index contributed by atoms with van der Waals surface area (Å²) < 4.78 is 0. The van der Waals surface area contributed by atoms with E-state index in [2.05, 4.69) is 0 Å². The normalized spacial score (nSPS) is 12.9. The smallest absolute Gasteiger partial charge is 0.332 e. The monoisotopic (exact) mass is 228 g/mol. The molecule has 0 bridgehead atoms. The van der Waals surface area contributed by atoms with Crippen LogP contribution in [-0.2, 0) is 9.59 Å². The van der Waals surface area contributed by atoms with Crippen LogP contribution in [0.5, 0.6) is 0 Å². The highest BCUT2D eigenvalue weighted by molar-refractivity contribution is 5.99. The van der Waals surface area contributed by atoms with E-state index in [1.54, 1.807) is 13.8 Å². The molecule has 0 radical (unpaired) electrons. The first-order chi connectivity index (χ1) is 7.27. The van der Waals surface area contributed by atoms with Crippen LogP contribution < -0.4 is 0 Å². The lowest BCUT2D eigenvalue weighted by atomic mass is 9.92. The Morgan fingerprint density at radius 1 is 1.00 bits per heavy atom. The second-order valence-corrected chi connectivity index (χ2v) is 4.59. The maximum atomic E-state index is 11.0. The summed E-state index contributed by atoms with van der Waals surface area (Å²) in [4.78, 5) is 22.1. The molecule has 4 heteroatoms. The van der Waals surface area contributed by atoms with Crippen molar-refractivity contribution in [2.45, 2.75) is 40.5 Å². The zero-order valence-electron chi connectivity index (χ0n) is 10.3. The molecule has 0 amide bonds. The molecule has 0 fully saturated rings. The van der Waals surface area contributed by atoms with Crippen LogP contribution in [0.25, 0.3) is 0 Å². The molecule has 0 spiro atoms. The standard InChI is InChI=1S/C12H20O4/c1-7(2)5-6-9(11(13)14)10(8(3)4)12(15)16/h7-8H,5-6H2,1-4H3,(H,13,14)(H,15,16). The Labute approximate surface area is 96.0 Å². The summed E-state index contributed by atoms with van der Waals surface area (Å²) in [5.74, 6) is -2.17. The van der Waals surface area contributed by atoms with Gasteiger partial charge in [-0.05, 0) is 24.7 Å². The summed E-state index contributed by atoms with van der Waals surface area (Å²) >= 11 is 0. The number of rotatable bonds is 6. The molecule has 0 atom stereocenters. The Hall–Kier alpha value is -1.32. The van der Waals surface area contributed by atoms with Crippen molar-refractivity contribution in [3.63, 3.8) is 0 Å². The molecule has 92 valence electrons. The first-order valence-electron chi connectivity index (χ1n) is 5.47. The Balaban J connectivity index is 5.16. The maximum Gasteiger partial charge on any atom is 0.332 e. The van der Waals surface area contributed by atoms with Gasteiger partial charge in [-0.1, -0.05) is 27.7 Å². The van der Waals surface area contributed by atoms with E-state index in [-0.39, 0.29) is 17.1 Å². The third kappa shape index (κ3) is 4.47. The number of hydrogen-bond donors (Lipinski definition) is 2. The van der Waals surface area contributed by atoms with Crippen molar-refractivity contribution in [1.82, 2.24) is 0 Å². The number of hydrogen-bond acceptors (Lipinski definition) is 2. The van der Waals surface area contributed by atoms with Gasteiger partial charge in [0.1, 0.15) is 0 Å². The summed E-state index contributed by atoms with van der Waals surface area (Å²) in [6, 6.07) is 0. The molecule has 0 aliphatic heterocycles. The minimum absolute atomic E-state index is 0.0214. The van der Waals surface area contributed by atoms with Gasteiger partial charge in [0.05, 0.1) is 0 Å². The number of aliphatic carboxylic acids is 2.